The second kappa shape index (κ2) is 12.0. The van der Waals surface area contributed by atoms with Crippen molar-refractivity contribution in [2.24, 2.45) is 5.16 Å². The molecule has 0 saturated carbocycles. The monoisotopic (exact) mass is 593 g/mol. The van der Waals surface area contributed by atoms with E-state index in [1.54, 1.807) is 6.92 Å². The number of ether oxygens (including phenoxy) is 1. The van der Waals surface area contributed by atoms with Crippen LogP contribution < -0.4 is 11.1 Å². The van der Waals surface area contributed by atoms with Gasteiger partial charge >= 0.3 is 5.97 Å². The van der Waals surface area contributed by atoms with E-state index in [4.69, 9.17) is 15.3 Å². The van der Waals surface area contributed by atoms with E-state index in [1.165, 1.54) is 46.3 Å². The van der Waals surface area contributed by atoms with E-state index in [9.17, 15) is 24.5 Å². The largest absolute Gasteiger partial charge is 0.460 e. The minimum absolute atomic E-state index is 0.0134. The number of carbonyl (C=O) groups excluding carboxylic acids is 3. The minimum atomic E-state index is -1.11. The highest BCUT2D eigenvalue weighted by Crippen LogP contribution is 2.44. The summed E-state index contributed by atoms with van der Waals surface area (Å²) < 4.78 is 8.41. The molecule has 17 heteroatoms. The molecule has 2 aliphatic heterocycles. The van der Waals surface area contributed by atoms with Crippen LogP contribution in [0, 0.1) is 10.1 Å². The molecule has 0 bridgehead atoms. The lowest BCUT2D eigenvalue weighted by molar-refractivity contribution is -0.384. The number of fused-ring (bicyclic) bond motifs is 1. The number of hydrogen-bond donors (Lipinski definition) is 2. The zero-order valence-electron chi connectivity index (χ0n) is 20.5. The van der Waals surface area contributed by atoms with Gasteiger partial charge in [-0.2, -0.15) is 9.36 Å². The number of thioether (sulfide) groups is 2. The lowest BCUT2D eigenvalue weighted by atomic mass is 10.0. The zero-order valence-corrected chi connectivity index (χ0v) is 22.9. The fourth-order valence-electron chi connectivity index (χ4n) is 3.80. The molecule has 14 nitrogen and oxygen atoms in total. The number of nitrogens with two attached hydrogens (primary N) is 1. The highest BCUT2D eigenvalue weighted by Gasteiger charge is 2.58. The number of anilines is 1. The first-order chi connectivity index (χ1) is 18.7. The summed E-state index contributed by atoms with van der Waals surface area (Å²) in [6, 6.07) is 4.82. The van der Waals surface area contributed by atoms with Gasteiger partial charge in [-0.1, -0.05) is 11.7 Å². The predicted octanol–water partition coefficient (Wildman–Crippen LogP) is 1.53. The average molecular weight is 594 g/mol. The van der Waals surface area contributed by atoms with Crippen molar-refractivity contribution in [2.75, 3.05) is 24.6 Å². The van der Waals surface area contributed by atoms with E-state index in [0.29, 0.717) is 5.56 Å². The summed E-state index contributed by atoms with van der Waals surface area (Å²) in [5, 5.41) is 18.5. The van der Waals surface area contributed by atoms with E-state index in [-0.39, 0.29) is 53.8 Å². The Morgan fingerprint density at radius 2 is 2.18 bits per heavy atom. The van der Waals surface area contributed by atoms with Crippen LogP contribution in [-0.4, -0.2) is 77.7 Å². The summed E-state index contributed by atoms with van der Waals surface area (Å²) in [5.41, 5.74) is 5.93. The Kier molecular flexibility index (Phi) is 8.71. The molecule has 2 amide bonds. The van der Waals surface area contributed by atoms with Crippen molar-refractivity contribution in [3.05, 3.63) is 57.8 Å². The fourth-order valence-corrected chi connectivity index (χ4v) is 6.79. The first kappa shape index (κ1) is 28.3. The van der Waals surface area contributed by atoms with Gasteiger partial charge in [0.05, 0.1) is 4.92 Å². The maximum Gasteiger partial charge on any atom is 0.325 e. The van der Waals surface area contributed by atoms with Gasteiger partial charge in [0.15, 0.2) is 5.13 Å². The van der Waals surface area contributed by atoms with Gasteiger partial charge in [-0.3, -0.25) is 24.5 Å². The summed E-state index contributed by atoms with van der Waals surface area (Å²) in [4.78, 5) is 60.0. The lowest BCUT2D eigenvalue weighted by Crippen LogP contribution is -2.74. The summed E-state index contributed by atoms with van der Waals surface area (Å²) in [7, 11) is 0. The zero-order chi connectivity index (χ0) is 28.2. The summed E-state index contributed by atoms with van der Waals surface area (Å²) in [5.74, 6) is -1.34. The molecule has 0 spiro atoms. The third-order valence-corrected chi connectivity index (χ3v) is 9.00. The number of carbonyl (C=O) groups is 3. The third-order valence-electron chi connectivity index (χ3n) is 5.69. The second-order valence-corrected chi connectivity index (χ2v) is 11.5. The number of oxime groups is 1. The molecule has 0 radical (unpaired) electrons. The fraction of sp³-hybridized carbons (Fsp3) is 0.364. The highest BCUT2D eigenvalue weighted by molar-refractivity contribution is 8.06. The van der Waals surface area contributed by atoms with E-state index in [1.807, 2.05) is 0 Å². The maximum atomic E-state index is 13.2. The van der Waals surface area contributed by atoms with Crippen LogP contribution in [0.15, 0.2) is 41.4 Å². The van der Waals surface area contributed by atoms with Crippen LogP contribution in [0.25, 0.3) is 0 Å². The Bertz CT molecular complexity index is 1320. The number of nitro benzene ring substituents is 1. The molecule has 39 heavy (non-hydrogen) atoms. The summed E-state index contributed by atoms with van der Waals surface area (Å²) >= 11 is 3.37. The molecule has 2 fully saturated rings. The number of rotatable bonds is 11. The summed E-state index contributed by atoms with van der Waals surface area (Å²) in [6.45, 7) is 5.57. The van der Waals surface area contributed by atoms with Crippen molar-refractivity contribution in [1.82, 2.24) is 19.6 Å². The molecule has 206 valence electrons. The Morgan fingerprint density at radius 1 is 1.44 bits per heavy atom. The van der Waals surface area contributed by atoms with Crippen molar-refractivity contribution in [3.63, 3.8) is 0 Å². The van der Waals surface area contributed by atoms with Crippen LogP contribution in [0.5, 0.6) is 0 Å². The molecule has 2 aliphatic rings. The van der Waals surface area contributed by atoms with Crippen molar-refractivity contribution < 1.29 is 28.9 Å². The van der Waals surface area contributed by atoms with E-state index >= 15 is 0 Å². The van der Waals surface area contributed by atoms with Gasteiger partial charge in [0.25, 0.3) is 11.6 Å². The molecule has 3 N–H and O–H groups in total. The Morgan fingerprint density at radius 3 is 2.79 bits per heavy atom. The van der Waals surface area contributed by atoms with Gasteiger partial charge in [-0.25, -0.2) is 0 Å². The minimum Gasteiger partial charge on any atom is -0.460 e. The smallest absolute Gasteiger partial charge is 0.325 e. The van der Waals surface area contributed by atoms with Crippen LogP contribution in [-0.2, 0) is 30.6 Å². The van der Waals surface area contributed by atoms with Crippen molar-refractivity contribution >= 4 is 69.4 Å². The number of nitrogens with one attached hydrogen (secondary N) is 1. The van der Waals surface area contributed by atoms with Gasteiger partial charge in [-0.05, 0) is 30.0 Å². The molecule has 0 aliphatic carbocycles. The molecule has 2 unspecified atom stereocenters. The molecule has 3 atom stereocenters. The Balaban J connectivity index is 1.40. The van der Waals surface area contributed by atoms with Gasteiger partial charge < -0.3 is 25.5 Å². The quantitative estimate of drug-likeness (QED) is 0.126. The first-order valence-electron chi connectivity index (χ1n) is 11.4. The molecule has 2 saturated heterocycles. The van der Waals surface area contributed by atoms with Gasteiger partial charge in [0.2, 0.25) is 17.4 Å². The molecule has 1 aromatic carbocycles. The van der Waals surface area contributed by atoms with Crippen molar-refractivity contribution in [2.45, 2.75) is 29.7 Å². The third kappa shape index (κ3) is 5.99. The van der Waals surface area contributed by atoms with Crippen LogP contribution >= 0.6 is 35.1 Å². The highest BCUT2D eigenvalue weighted by atomic mass is 32.2. The van der Waals surface area contributed by atoms with E-state index in [0.717, 1.165) is 23.3 Å². The average Bonchev–Trinajstić information content (AvgIpc) is 3.36. The lowest BCUT2D eigenvalue weighted by Gasteiger charge is -2.53. The molecule has 2 aromatic rings. The first-order valence-corrected chi connectivity index (χ1v) is 14.1. The van der Waals surface area contributed by atoms with Crippen LogP contribution in [0.3, 0.4) is 0 Å². The number of benzene rings is 1. The molecule has 1 aromatic heterocycles. The van der Waals surface area contributed by atoms with Gasteiger partial charge in [-0.15, -0.1) is 23.5 Å². The van der Waals surface area contributed by atoms with E-state index in [2.05, 4.69) is 26.4 Å². The predicted molar refractivity (Wildman–Crippen MR) is 146 cm³/mol. The summed E-state index contributed by atoms with van der Waals surface area (Å²) in [6.07, 6.45) is 0. The Labute approximate surface area is 234 Å². The second-order valence-electron chi connectivity index (χ2n) is 8.21. The molecule has 4 rings (SSSR count). The number of hydrogen-bond acceptors (Lipinski definition) is 14. The van der Waals surface area contributed by atoms with Crippen molar-refractivity contribution in [3.8, 4) is 0 Å². The number of non-ortho nitro benzene ring substituents is 1. The Hall–Kier alpha value is -3.70. The number of amides is 2. The van der Waals surface area contributed by atoms with E-state index < -0.39 is 33.0 Å². The molecular weight excluding hydrogens is 570 g/mol. The normalized spacial score (nSPS) is 22.3. The van der Waals surface area contributed by atoms with Gasteiger partial charge in [0, 0.05) is 36.0 Å². The number of aromatic nitrogens is 2. The number of β-lactam (4-membered cyclic amide) rings is 1. The van der Waals surface area contributed by atoms with Crippen molar-refractivity contribution in [1.29, 1.82) is 0 Å². The van der Waals surface area contributed by atoms with Crippen LogP contribution in [0.2, 0.25) is 0 Å². The topological polar surface area (TPSA) is 192 Å². The standard InChI is InChI=1S/C22H23N7O7S3/c1-3-36-26-14(16-25-21(23)39-27-16)17(30)24-15-18(31)28-10-22(38-4-2,11-37-19(15)28)20(32)35-9-12-5-7-13(8-6-12)29(33)34/h4-8,15,19H,2-3,9-11H2,1H3,(H,24,30)(H2,23,25,27)/t15?,19-,22?/m1/s1. The number of nitrogen functional groups attached to an aromatic ring is 1. The number of esters is 1. The number of nitrogens with zero attached hydrogens (tertiary/aromatic N) is 5. The molecular formula is C22H23N7O7S3. The maximum absolute atomic E-state index is 13.2. The van der Waals surface area contributed by atoms with Crippen LogP contribution in [0.4, 0.5) is 10.8 Å². The van der Waals surface area contributed by atoms with Gasteiger partial charge in [0.1, 0.15) is 29.4 Å². The van der Waals surface area contributed by atoms with Crippen LogP contribution in [0.1, 0.15) is 18.3 Å². The molecule has 3 heterocycles. The number of nitro groups is 1. The SMILES string of the molecule is C=CSC1(C(=O)OCc2ccc([N+](=O)[O-])cc2)CS[C@@H]2C(NC(=O)C(=NOCC)c3nsc(N)n3)C(=O)N2C1.